The van der Waals surface area contributed by atoms with Crippen LogP contribution in [0.25, 0.3) is 0 Å². The molecule has 5 rings (SSSR count). The lowest BCUT2D eigenvalue weighted by molar-refractivity contribution is 0.0361. The summed E-state index contributed by atoms with van der Waals surface area (Å²) >= 11 is 6.03. The molecule has 2 aromatic carbocycles. The van der Waals surface area contributed by atoms with Gasteiger partial charge in [-0.05, 0) is 85.0 Å². The van der Waals surface area contributed by atoms with Crippen LogP contribution in [0.2, 0.25) is 5.02 Å². The van der Waals surface area contributed by atoms with E-state index in [1.807, 2.05) is 35.5 Å². The van der Waals surface area contributed by atoms with Gasteiger partial charge < -0.3 is 9.64 Å². The third kappa shape index (κ3) is 6.71. The van der Waals surface area contributed by atoms with Crippen molar-refractivity contribution in [1.29, 1.82) is 0 Å². The van der Waals surface area contributed by atoms with Crippen molar-refractivity contribution in [3.05, 3.63) is 94.8 Å². The predicted molar refractivity (Wildman–Crippen MR) is 148 cm³/mol. The normalized spacial score (nSPS) is 18.8. The summed E-state index contributed by atoms with van der Waals surface area (Å²) in [5, 5.41) is 0.655. The number of carbonyl (C=O) groups excluding carboxylic acids is 1. The van der Waals surface area contributed by atoms with Gasteiger partial charge in [0.2, 0.25) is 0 Å². The summed E-state index contributed by atoms with van der Waals surface area (Å²) in [6.07, 6.45) is 10.4. The van der Waals surface area contributed by atoms with E-state index in [2.05, 4.69) is 40.2 Å². The van der Waals surface area contributed by atoms with E-state index in [-0.39, 0.29) is 11.3 Å². The fraction of sp³-hybridized carbons (Fsp3) is 0.419. The molecule has 0 saturated carbocycles. The summed E-state index contributed by atoms with van der Waals surface area (Å²) in [5.74, 6) is 1.13. The van der Waals surface area contributed by atoms with Crippen LogP contribution in [0.3, 0.4) is 0 Å². The number of carbonyl (C=O) groups is 1. The molecule has 0 bridgehead atoms. The third-order valence-corrected chi connectivity index (χ3v) is 8.18. The summed E-state index contributed by atoms with van der Waals surface area (Å²) in [4.78, 5) is 22.1. The largest absolute Gasteiger partial charge is 0.492 e. The number of ether oxygens (including phenoxy) is 1. The van der Waals surface area contributed by atoms with Crippen molar-refractivity contribution < 1.29 is 9.53 Å². The monoisotopic (exact) mass is 517 g/mol. The SMILES string of the molecule is O=C(c1ccc(Cl)cc1)N1CCC2(CCCCc3ccccc3OCCN(Cc3cccnc3)C2)CC1. The van der Waals surface area contributed by atoms with Crippen LogP contribution in [0.15, 0.2) is 73.1 Å². The van der Waals surface area contributed by atoms with Crippen molar-refractivity contribution in [1.82, 2.24) is 14.8 Å². The van der Waals surface area contributed by atoms with Gasteiger partial charge in [-0.15, -0.1) is 0 Å². The Morgan fingerprint density at radius 1 is 0.946 bits per heavy atom. The van der Waals surface area contributed by atoms with Crippen LogP contribution < -0.4 is 4.74 Å². The second-order valence-corrected chi connectivity index (χ2v) is 11.0. The van der Waals surface area contributed by atoms with E-state index in [0.717, 1.165) is 64.2 Å². The molecule has 1 saturated heterocycles. The van der Waals surface area contributed by atoms with Gasteiger partial charge >= 0.3 is 0 Å². The Kier molecular flexibility index (Phi) is 8.42. The molecular weight excluding hydrogens is 482 g/mol. The number of fused-ring (bicyclic) bond motifs is 1. The number of hydrogen-bond acceptors (Lipinski definition) is 4. The lowest BCUT2D eigenvalue weighted by Gasteiger charge is -2.45. The highest BCUT2D eigenvalue weighted by Gasteiger charge is 2.37. The topological polar surface area (TPSA) is 45.7 Å². The first-order valence-electron chi connectivity index (χ1n) is 13.5. The Morgan fingerprint density at radius 3 is 2.54 bits per heavy atom. The molecule has 1 spiro atoms. The molecule has 1 amide bonds. The molecule has 2 aliphatic heterocycles. The maximum atomic E-state index is 13.2. The van der Waals surface area contributed by atoms with Gasteiger partial charge in [-0.25, -0.2) is 0 Å². The summed E-state index contributed by atoms with van der Waals surface area (Å²) in [6.45, 7) is 4.97. The molecule has 37 heavy (non-hydrogen) atoms. The second-order valence-electron chi connectivity index (χ2n) is 10.5. The van der Waals surface area contributed by atoms with Crippen LogP contribution in [0.4, 0.5) is 0 Å². The zero-order valence-corrected chi connectivity index (χ0v) is 22.2. The number of rotatable bonds is 3. The number of aryl methyl sites for hydroxylation is 1. The van der Waals surface area contributed by atoms with Gasteiger partial charge in [-0.2, -0.15) is 0 Å². The number of aromatic nitrogens is 1. The first-order chi connectivity index (χ1) is 18.1. The van der Waals surface area contributed by atoms with Crippen molar-refractivity contribution in [2.45, 2.75) is 45.1 Å². The van der Waals surface area contributed by atoms with Gasteiger partial charge in [0.1, 0.15) is 12.4 Å². The molecule has 1 fully saturated rings. The molecule has 1 aromatic heterocycles. The van der Waals surface area contributed by atoms with Crippen LogP contribution in [-0.2, 0) is 13.0 Å². The molecular formula is C31H36ClN3O2. The Balaban J connectivity index is 1.32. The molecule has 0 aliphatic carbocycles. The predicted octanol–water partition coefficient (Wildman–Crippen LogP) is 6.27. The molecule has 3 aromatic rings. The Morgan fingerprint density at radius 2 is 1.76 bits per heavy atom. The van der Waals surface area contributed by atoms with Crippen molar-refractivity contribution in [3.63, 3.8) is 0 Å². The molecule has 194 valence electrons. The molecule has 3 heterocycles. The van der Waals surface area contributed by atoms with E-state index in [1.54, 1.807) is 12.1 Å². The number of halogens is 1. The minimum absolute atomic E-state index is 0.108. The van der Waals surface area contributed by atoms with Crippen molar-refractivity contribution in [3.8, 4) is 5.75 Å². The molecule has 6 heteroatoms. The lowest BCUT2D eigenvalue weighted by Crippen LogP contribution is -2.48. The number of pyridine rings is 1. The smallest absolute Gasteiger partial charge is 0.253 e. The highest BCUT2D eigenvalue weighted by Crippen LogP contribution is 2.39. The fourth-order valence-corrected chi connectivity index (χ4v) is 5.96. The number of likely N-dealkylation sites (tertiary alicyclic amines) is 1. The van der Waals surface area contributed by atoms with Crippen LogP contribution in [0.1, 0.15) is 53.6 Å². The minimum atomic E-state index is 0.108. The van der Waals surface area contributed by atoms with E-state index in [1.165, 1.54) is 24.0 Å². The maximum Gasteiger partial charge on any atom is 0.253 e. The molecule has 2 aliphatic rings. The zero-order chi connectivity index (χ0) is 25.5. The van der Waals surface area contributed by atoms with E-state index < -0.39 is 0 Å². The molecule has 0 atom stereocenters. The van der Waals surface area contributed by atoms with Gasteiger partial charge in [0.25, 0.3) is 5.91 Å². The van der Waals surface area contributed by atoms with Crippen LogP contribution in [0, 0.1) is 5.41 Å². The van der Waals surface area contributed by atoms with E-state index in [4.69, 9.17) is 16.3 Å². The highest BCUT2D eigenvalue weighted by atomic mass is 35.5. The summed E-state index contributed by atoms with van der Waals surface area (Å²) < 4.78 is 6.29. The van der Waals surface area contributed by atoms with Crippen LogP contribution in [0.5, 0.6) is 5.75 Å². The first-order valence-corrected chi connectivity index (χ1v) is 13.8. The number of amides is 1. The van der Waals surface area contributed by atoms with Crippen molar-refractivity contribution in [2.24, 2.45) is 5.41 Å². The molecule has 0 N–H and O–H groups in total. The summed E-state index contributed by atoms with van der Waals surface area (Å²) in [5.41, 5.74) is 3.44. The quantitative estimate of drug-likeness (QED) is 0.411. The molecule has 5 nitrogen and oxygen atoms in total. The number of benzene rings is 2. The number of hydrogen-bond donors (Lipinski definition) is 0. The zero-order valence-electron chi connectivity index (χ0n) is 21.4. The lowest BCUT2D eigenvalue weighted by atomic mass is 9.73. The van der Waals surface area contributed by atoms with E-state index in [9.17, 15) is 4.79 Å². The summed E-state index contributed by atoms with van der Waals surface area (Å²) in [6, 6.07) is 19.9. The maximum absolute atomic E-state index is 13.2. The van der Waals surface area contributed by atoms with Crippen LogP contribution in [-0.4, -0.2) is 53.5 Å². The average Bonchev–Trinajstić information content (AvgIpc) is 2.92. The Hall–Kier alpha value is -2.89. The van der Waals surface area contributed by atoms with Gasteiger partial charge in [-0.3, -0.25) is 14.7 Å². The van der Waals surface area contributed by atoms with E-state index >= 15 is 0 Å². The van der Waals surface area contributed by atoms with Crippen molar-refractivity contribution in [2.75, 3.05) is 32.8 Å². The number of nitrogens with zero attached hydrogens (tertiary/aromatic N) is 3. The fourth-order valence-electron chi connectivity index (χ4n) is 5.84. The van der Waals surface area contributed by atoms with Crippen molar-refractivity contribution >= 4 is 17.5 Å². The standard InChI is InChI=1S/C31H36ClN3O2/c32-28-12-10-27(11-13-28)30(36)35-18-15-31(16-19-35)14-4-3-8-26-7-1-2-9-29(26)37-21-20-34(24-31)23-25-6-5-17-33-22-25/h1-2,5-7,9-13,17,22H,3-4,8,14-16,18-21,23-24H2. The molecule has 0 radical (unpaired) electrons. The first kappa shape index (κ1) is 25.7. The van der Waals surface area contributed by atoms with Gasteiger partial charge in [-0.1, -0.05) is 42.3 Å². The highest BCUT2D eigenvalue weighted by molar-refractivity contribution is 6.30. The average molecular weight is 518 g/mol. The minimum Gasteiger partial charge on any atom is -0.492 e. The van der Waals surface area contributed by atoms with Crippen LogP contribution >= 0.6 is 11.6 Å². The van der Waals surface area contributed by atoms with Gasteiger partial charge in [0.05, 0.1) is 0 Å². The number of para-hydroxylation sites is 1. The van der Waals surface area contributed by atoms with Gasteiger partial charge in [0.15, 0.2) is 0 Å². The number of piperidine rings is 1. The Labute approximate surface area is 225 Å². The third-order valence-electron chi connectivity index (χ3n) is 7.93. The van der Waals surface area contributed by atoms with E-state index in [0.29, 0.717) is 17.2 Å². The van der Waals surface area contributed by atoms with Gasteiger partial charge in [0, 0.05) is 55.7 Å². The Bertz CT molecular complexity index is 1160. The summed E-state index contributed by atoms with van der Waals surface area (Å²) in [7, 11) is 0. The second kappa shape index (κ2) is 12.1. The molecule has 0 unspecified atom stereocenters.